The van der Waals surface area contributed by atoms with Crippen molar-refractivity contribution < 1.29 is 0 Å². The third-order valence-electron chi connectivity index (χ3n) is 3.25. The zero-order valence-electron chi connectivity index (χ0n) is 14.0. The molecule has 0 saturated heterocycles. The van der Waals surface area contributed by atoms with Gasteiger partial charge in [0.15, 0.2) is 0 Å². The minimum Gasteiger partial charge on any atom is -0.342 e. The van der Waals surface area contributed by atoms with E-state index in [1.807, 2.05) is 52.8 Å². The zero-order chi connectivity index (χ0) is 16.7. The second kappa shape index (κ2) is 8.22. The van der Waals surface area contributed by atoms with Crippen LogP contribution in [0.1, 0.15) is 38.3 Å². The number of hydrogen-bond acceptors (Lipinski definition) is 3. The molecule has 120 valence electrons. The van der Waals surface area contributed by atoms with Gasteiger partial charge in [-0.25, -0.2) is 4.79 Å². The van der Waals surface area contributed by atoms with Crippen molar-refractivity contribution in [3.63, 3.8) is 0 Å². The molecule has 0 spiro atoms. The fraction of sp³-hybridized carbons (Fsp3) is 0.412. The Morgan fingerprint density at radius 2 is 1.77 bits per heavy atom. The minimum absolute atomic E-state index is 0.290. The number of benzene rings is 1. The van der Waals surface area contributed by atoms with E-state index in [2.05, 4.69) is 10.3 Å². The summed E-state index contributed by atoms with van der Waals surface area (Å²) < 4.78 is 1.20. The highest BCUT2D eigenvalue weighted by Gasteiger charge is 2.04. The van der Waals surface area contributed by atoms with Crippen LogP contribution >= 0.6 is 0 Å². The Hall–Kier alpha value is -2.30. The number of hydrogen-bond donors (Lipinski definition) is 2. The van der Waals surface area contributed by atoms with Gasteiger partial charge in [0.25, 0.3) is 5.56 Å². The summed E-state index contributed by atoms with van der Waals surface area (Å²) in [4.78, 5) is 26.4. The Bertz CT molecular complexity index is 698. The third-order valence-corrected chi connectivity index (χ3v) is 3.25. The average Bonchev–Trinajstić information content (AvgIpc) is 2.49. The fourth-order valence-corrected chi connectivity index (χ4v) is 2.00. The van der Waals surface area contributed by atoms with Gasteiger partial charge in [0, 0.05) is 18.3 Å². The van der Waals surface area contributed by atoms with Crippen molar-refractivity contribution in [1.29, 1.82) is 0 Å². The maximum atomic E-state index is 11.9. The van der Waals surface area contributed by atoms with Gasteiger partial charge in [-0.15, -0.1) is 0 Å². The summed E-state index contributed by atoms with van der Waals surface area (Å²) in [5.74, 6) is 0.413. The fourth-order valence-electron chi connectivity index (χ4n) is 2.00. The molecule has 0 atom stereocenters. The first-order valence-corrected chi connectivity index (χ1v) is 7.69. The van der Waals surface area contributed by atoms with Crippen LogP contribution in [-0.2, 0) is 6.54 Å². The molecule has 2 N–H and O–H groups in total. The molecule has 0 aliphatic rings. The van der Waals surface area contributed by atoms with Gasteiger partial charge in [-0.3, -0.25) is 14.3 Å². The summed E-state index contributed by atoms with van der Waals surface area (Å²) in [5, 5.41) is 3.05. The number of nitrogens with one attached hydrogen (secondary N) is 2. The van der Waals surface area contributed by atoms with Crippen LogP contribution in [0.25, 0.3) is 0 Å². The minimum atomic E-state index is -0.384. The highest BCUT2D eigenvalue weighted by atomic mass is 16.2. The van der Waals surface area contributed by atoms with Crippen LogP contribution in [0.15, 0.2) is 33.9 Å². The topological polar surface area (TPSA) is 66.9 Å². The second-order valence-corrected chi connectivity index (χ2v) is 4.90. The molecule has 22 heavy (non-hydrogen) atoms. The highest BCUT2D eigenvalue weighted by molar-refractivity contribution is 5.57. The molecule has 0 radical (unpaired) electrons. The van der Waals surface area contributed by atoms with Crippen molar-refractivity contribution in [2.24, 2.45) is 0 Å². The average molecular weight is 303 g/mol. The van der Waals surface area contributed by atoms with E-state index in [-0.39, 0.29) is 11.2 Å². The molecule has 0 unspecified atom stereocenters. The Balaban J connectivity index is 0.00000116. The van der Waals surface area contributed by atoms with Gasteiger partial charge in [0.2, 0.25) is 0 Å². The van der Waals surface area contributed by atoms with Crippen molar-refractivity contribution in [3.8, 4) is 0 Å². The van der Waals surface area contributed by atoms with Crippen molar-refractivity contribution in [1.82, 2.24) is 9.55 Å². The van der Waals surface area contributed by atoms with Gasteiger partial charge in [-0.1, -0.05) is 26.8 Å². The van der Waals surface area contributed by atoms with Crippen LogP contribution in [0.3, 0.4) is 0 Å². The standard InChI is InChI=1S/C15H19N3O2.C2H6/c1-4-7-18-14(19)9-13(17-15(18)20)16-12-6-5-10(2)11(3)8-12;1-2/h5-6,8-9,16H,4,7H2,1-3H3,(H,17,20);1-2H3. The summed E-state index contributed by atoms with van der Waals surface area (Å²) in [6.45, 7) is 10.4. The van der Waals surface area contributed by atoms with Crippen molar-refractivity contribution in [2.45, 2.75) is 47.6 Å². The maximum Gasteiger partial charge on any atom is 0.329 e. The van der Waals surface area contributed by atoms with Gasteiger partial charge in [0.1, 0.15) is 5.82 Å². The van der Waals surface area contributed by atoms with E-state index in [9.17, 15) is 9.59 Å². The zero-order valence-corrected chi connectivity index (χ0v) is 14.0. The molecule has 0 fully saturated rings. The number of aryl methyl sites for hydroxylation is 2. The van der Waals surface area contributed by atoms with Crippen LogP contribution in [0, 0.1) is 13.8 Å². The number of aromatic amines is 1. The smallest absolute Gasteiger partial charge is 0.329 e. The predicted molar refractivity (Wildman–Crippen MR) is 92.2 cm³/mol. The molecule has 2 rings (SSSR count). The first-order chi connectivity index (χ1) is 10.5. The third kappa shape index (κ3) is 4.35. The first kappa shape index (κ1) is 17.8. The number of rotatable bonds is 4. The Labute approximate surface area is 131 Å². The Morgan fingerprint density at radius 1 is 1.09 bits per heavy atom. The van der Waals surface area contributed by atoms with Gasteiger partial charge < -0.3 is 5.32 Å². The van der Waals surface area contributed by atoms with E-state index in [1.54, 1.807) is 0 Å². The van der Waals surface area contributed by atoms with Crippen LogP contribution in [0.2, 0.25) is 0 Å². The summed E-state index contributed by atoms with van der Waals surface area (Å²) >= 11 is 0. The second-order valence-electron chi connectivity index (χ2n) is 4.90. The molecule has 0 bridgehead atoms. The lowest BCUT2D eigenvalue weighted by molar-refractivity contribution is 0.616. The molecule has 1 aromatic carbocycles. The molecule has 5 nitrogen and oxygen atoms in total. The van der Waals surface area contributed by atoms with Crippen LogP contribution in [0.5, 0.6) is 0 Å². The van der Waals surface area contributed by atoms with E-state index >= 15 is 0 Å². The van der Waals surface area contributed by atoms with Crippen LogP contribution in [0.4, 0.5) is 11.5 Å². The number of H-pyrrole nitrogens is 1. The number of aromatic nitrogens is 2. The summed E-state index contributed by atoms with van der Waals surface area (Å²) in [7, 11) is 0. The quantitative estimate of drug-likeness (QED) is 0.910. The molecular formula is C17H25N3O2. The van der Waals surface area contributed by atoms with Gasteiger partial charge >= 0.3 is 5.69 Å². The lowest BCUT2D eigenvalue weighted by Crippen LogP contribution is -2.34. The van der Waals surface area contributed by atoms with E-state index in [4.69, 9.17) is 0 Å². The van der Waals surface area contributed by atoms with Gasteiger partial charge in [-0.05, 0) is 43.5 Å². The largest absolute Gasteiger partial charge is 0.342 e. The molecule has 5 heteroatoms. The van der Waals surface area contributed by atoms with E-state index in [0.29, 0.717) is 12.4 Å². The van der Waals surface area contributed by atoms with Gasteiger partial charge in [0.05, 0.1) is 0 Å². The lowest BCUT2D eigenvalue weighted by atomic mass is 10.1. The lowest BCUT2D eigenvalue weighted by Gasteiger charge is -2.09. The maximum absolute atomic E-state index is 11.9. The van der Waals surface area contributed by atoms with Crippen molar-refractivity contribution in [2.75, 3.05) is 5.32 Å². The van der Waals surface area contributed by atoms with E-state index in [0.717, 1.165) is 17.7 Å². The van der Waals surface area contributed by atoms with E-state index < -0.39 is 0 Å². The molecule has 0 aliphatic heterocycles. The normalized spacial score (nSPS) is 9.86. The molecule has 2 aromatic rings. The summed E-state index contributed by atoms with van der Waals surface area (Å²) in [5.41, 5.74) is 2.52. The van der Waals surface area contributed by atoms with Crippen molar-refractivity contribution in [3.05, 3.63) is 56.2 Å². The molecular weight excluding hydrogens is 278 g/mol. The first-order valence-electron chi connectivity index (χ1n) is 7.69. The summed E-state index contributed by atoms with van der Waals surface area (Å²) in [6.07, 6.45) is 0.743. The van der Waals surface area contributed by atoms with E-state index in [1.165, 1.54) is 16.2 Å². The molecule has 0 amide bonds. The van der Waals surface area contributed by atoms with Crippen LogP contribution < -0.4 is 16.6 Å². The molecule has 0 aliphatic carbocycles. The molecule has 1 aromatic heterocycles. The molecule has 0 saturated carbocycles. The SMILES string of the molecule is CC.CCCn1c(=O)cc(Nc2ccc(C)c(C)c2)[nH]c1=O. The Kier molecular flexibility index (Phi) is 6.63. The summed E-state index contributed by atoms with van der Waals surface area (Å²) in [6, 6.07) is 7.30. The van der Waals surface area contributed by atoms with Crippen molar-refractivity contribution >= 4 is 11.5 Å². The predicted octanol–water partition coefficient (Wildman–Crippen LogP) is 3.33. The number of nitrogens with zero attached hydrogens (tertiary/aromatic N) is 1. The highest BCUT2D eigenvalue weighted by Crippen LogP contribution is 2.16. The Morgan fingerprint density at radius 3 is 2.32 bits per heavy atom. The van der Waals surface area contributed by atoms with Gasteiger partial charge in [-0.2, -0.15) is 0 Å². The molecule has 1 heterocycles. The monoisotopic (exact) mass is 303 g/mol. The number of anilines is 2. The van der Waals surface area contributed by atoms with Crippen LogP contribution in [-0.4, -0.2) is 9.55 Å².